The number of nitrogens with one attached hydrogen (secondary N) is 1. The molecule has 3 aromatic rings. The first-order valence-corrected chi connectivity index (χ1v) is 12.4. The summed E-state index contributed by atoms with van der Waals surface area (Å²) >= 11 is 0. The Balaban J connectivity index is 1.43. The summed E-state index contributed by atoms with van der Waals surface area (Å²) in [4.78, 5) is 30.8. The minimum Gasteiger partial charge on any atom is -0.410 e. The van der Waals surface area contributed by atoms with E-state index in [4.69, 9.17) is 14.5 Å². The Morgan fingerprint density at radius 2 is 1.94 bits per heavy atom. The largest absolute Gasteiger partial charge is 0.415 e. The summed E-state index contributed by atoms with van der Waals surface area (Å²) < 4.78 is 12.8. The number of aryl methyl sites for hydroxylation is 1. The number of amides is 1. The highest BCUT2D eigenvalue weighted by molar-refractivity contribution is 5.84. The molecule has 10 nitrogen and oxygen atoms in total. The standard InChI is InChI=1S/C25H34N6O4/c1-17(2)15-19(32)7-5-4-6-10-26-23-24-29-28-18(3)31(24)22-9-8-20(16-21(22)27-23)35-25(33)30-11-13-34-14-12-30/h8-9,16-17H,4-7,10-15H2,1-3H3,(H,26,27). The molecular weight excluding hydrogens is 448 g/mol. The van der Waals surface area contributed by atoms with Gasteiger partial charge in [0.2, 0.25) is 5.65 Å². The fourth-order valence-corrected chi connectivity index (χ4v) is 4.24. The molecular formula is C25H34N6O4. The van der Waals surface area contributed by atoms with Gasteiger partial charge in [-0.1, -0.05) is 20.3 Å². The zero-order valence-electron chi connectivity index (χ0n) is 20.7. The highest BCUT2D eigenvalue weighted by atomic mass is 16.6. The number of hydrogen-bond acceptors (Lipinski definition) is 8. The average molecular weight is 483 g/mol. The van der Waals surface area contributed by atoms with Crippen LogP contribution in [-0.4, -0.2) is 69.2 Å². The van der Waals surface area contributed by atoms with Crippen molar-refractivity contribution in [2.45, 2.75) is 52.9 Å². The fourth-order valence-electron chi connectivity index (χ4n) is 4.24. The molecule has 0 spiro atoms. The van der Waals surface area contributed by atoms with Crippen LogP contribution in [0.3, 0.4) is 0 Å². The molecule has 0 atom stereocenters. The van der Waals surface area contributed by atoms with Crippen LogP contribution in [0.25, 0.3) is 16.7 Å². The third-order valence-corrected chi connectivity index (χ3v) is 5.99. The van der Waals surface area contributed by atoms with E-state index in [9.17, 15) is 9.59 Å². The Labute approximate surface area is 205 Å². The van der Waals surface area contributed by atoms with Gasteiger partial charge in [-0.15, -0.1) is 10.2 Å². The van der Waals surface area contributed by atoms with Crippen LogP contribution in [0.1, 0.15) is 51.8 Å². The highest BCUT2D eigenvalue weighted by Gasteiger charge is 2.20. The van der Waals surface area contributed by atoms with Gasteiger partial charge < -0.3 is 19.7 Å². The van der Waals surface area contributed by atoms with E-state index in [-0.39, 0.29) is 6.09 Å². The summed E-state index contributed by atoms with van der Waals surface area (Å²) in [7, 11) is 0. The molecule has 1 fully saturated rings. The van der Waals surface area contributed by atoms with Gasteiger partial charge >= 0.3 is 6.09 Å². The van der Waals surface area contributed by atoms with E-state index >= 15 is 0 Å². The maximum Gasteiger partial charge on any atom is 0.415 e. The molecule has 2 aromatic heterocycles. The highest BCUT2D eigenvalue weighted by Crippen LogP contribution is 2.25. The van der Waals surface area contributed by atoms with E-state index < -0.39 is 0 Å². The SMILES string of the molecule is Cc1nnc2c(NCCCCCC(=O)CC(C)C)nc3cc(OC(=O)N4CCOCC4)ccc3n12. The van der Waals surface area contributed by atoms with Crippen molar-refractivity contribution in [3.05, 3.63) is 24.0 Å². The number of rotatable bonds is 10. The van der Waals surface area contributed by atoms with Crippen LogP contribution in [0.15, 0.2) is 18.2 Å². The number of carbonyl (C=O) groups is 2. The lowest BCUT2D eigenvalue weighted by molar-refractivity contribution is -0.119. The van der Waals surface area contributed by atoms with E-state index in [2.05, 4.69) is 29.4 Å². The van der Waals surface area contributed by atoms with Crippen molar-refractivity contribution in [1.82, 2.24) is 24.5 Å². The van der Waals surface area contributed by atoms with Gasteiger partial charge in [0.25, 0.3) is 0 Å². The Morgan fingerprint density at radius 3 is 2.71 bits per heavy atom. The van der Waals surface area contributed by atoms with Gasteiger partial charge in [-0.25, -0.2) is 9.78 Å². The van der Waals surface area contributed by atoms with Crippen molar-refractivity contribution in [2.75, 3.05) is 38.2 Å². The summed E-state index contributed by atoms with van der Waals surface area (Å²) in [5, 5.41) is 11.9. The van der Waals surface area contributed by atoms with Gasteiger partial charge in [0.05, 0.1) is 24.2 Å². The topological polar surface area (TPSA) is 111 Å². The van der Waals surface area contributed by atoms with Crippen LogP contribution < -0.4 is 10.1 Å². The number of carbonyl (C=O) groups excluding carboxylic acids is 2. The van der Waals surface area contributed by atoms with Gasteiger partial charge in [-0.05, 0) is 37.8 Å². The van der Waals surface area contributed by atoms with Crippen LogP contribution in [-0.2, 0) is 9.53 Å². The molecule has 10 heteroatoms. The lowest BCUT2D eigenvalue weighted by Gasteiger charge is -2.25. The second-order valence-corrected chi connectivity index (χ2v) is 9.36. The molecule has 0 bridgehead atoms. The Morgan fingerprint density at radius 1 is 1.14 bits per heavy atom. The van der Waals surface area contributed by atoms with Crippen LogP contribution >= 0.6 is 0 Å². The number of fused-ring (bicyclic) bond motifs is 3. The van der Waals surface area contributed by atoms with Crippen LogP contribution in [0, 0.1) is 12.8 Å². The van der Waals surface area contributed by atoms with Crippen molar-refractivity contribution in [3.63, 3.8) is 0 Å². The van der Waals surface area contributed by atoms with Gasteiger partial charge in [0.15, 0.2) is 5.82 Å². The quantitative estimate of drug-likeness (QED) is 0.432. The van der Waals surface area contributed by atoms with E-state index in [1.807, 2.05) is 17.4 Å². The van der Waals surface area contributed by atoms with Gasteiger partial charge in [-0.3, -0.25) is 9.20 Å². The number of unbranched alkanes of at least 4 members (excludes halogenated alkanes) is 2. The normalized spacial score (nSPS) is 14.1. The Hall–Kier alpha value is -3.27. The first-order valence-electron chi connectivity index (χ1n) is 12.4. The van der Waals surface area contributed by atoms with Gasteiger partial charge in [0.1, 0.15) is 17.4 Å². The summed E-state index contributed by atoms with van der Waals surface area (Å²) in [6.07, 6.45) is 3.70. The van der Waals surface area contributed by atoms with Crippen LogP contribution in [0.2, 0.25) is 0 Å². The van der Waals surface area contributed by atoms with Gasteiger partial charge in [-0.2, -0.15) is 0 Å². The maximum atomic E-state index is 12.5. The molecule has 35 heavy (non-hydrogen) atoms. The summed E-state index contributed by atoms with van der Waals surface area (Å²) in [6, 6.07) is 5.39. The number of Topliss-reactive ketones (excluding diaryl/α,β-unsaturated/α-hetero) is 1. The molecule has 0 radical (unpaired) electrons. The third-order valence-electron chi connectivity index (χ3n) is 5.99. The molecule has 188 valence electrons. The zero-order chi connectivity index (χ0) is 24.8. The predicted octanol–water partition coefficient (Wildman–Crippen LogP) is 4.00. The fraction of sp³-hybridized carbons (Fsp3) is 0.560. The number of hydrogen-bond donors (Lipinski definition) is 1. The summed E-state index contributed by atoms with van der Waals surface area (Å²) in [6.45, 7) is 8.82. The van der Waals surface area contributed by atoms with Gasteiger partial charge in [0, 0.05) is 38.5 Å². The van der Waals surface area contributed by atoms with Crippen molar-refractivity contribution < 1.29 is 19.1 Å². The Kier molecular flexibility index (Phi) is 8.12. The van der Waals surface area contributed by atoms with E-state index in [1.54, 1.807) is 17.0 Å². The molecule has 0 saturated carbocycles. The molecule has 0 unspecified atom stereocenters. The second kappa shape index (κ2) is 11.4. The molecule has 1 amide bonds. The van der Waals surface area contributed by atoms with Crippen molar-refractivity contribution in [1.29, 1.82) is 0 Å². The number of anilines is 1. The van der Waals surface area contributed by atoms with Crippen molar-refractivity contribution in [3.8, 4) is 5.75 Å². The maximum absolute atomic E-state index is 12.5. The molecule has 0 aliphatic carbocycles. The third kappa shape index (κ3) is 6.25. The molecule has 1 aromatic carbocycles. The van der Waals surface area contributed by atoms with E-state index in [0.717, 1.165) is 30.6 Å². The van der Waals surface area contributed by atoms with Crippen molar-refractivity contribution in [2.24, 2.45) is 5.92 Å². The predicted molar refractivity (Wildman–Crippen MR) is 133 cm³/mol. The number of morpholine rings is 1. The van der Waals surface area contributed by atoms with Crippen LogP contribution in [0.4, 0.5) is 10.6 Å². The minimum atomic E-state index is -0.389. The molecule has 1 N–H and O–H groups in total. The first kappa shape index (κ1) is 24.8. The number of ether oxygens (including phenoxy) is 2. The van der Waals surface area contributed by atoms with E-state index in [0.29, 0.717) is 80.1 Å². The monoisotopic (exact) mass is 482 g/mol. The molecule has 4 rings (SSSR count). The summed E-state index contributed by atoms with van der Waals surface area (Å²) in [5.74, 6) is 2.57. The molecule has 1 aliphatic rings. The van der Waals surface area contributed by atoms with Crippen LogP contribution in [0.5, 0.6) is 5.75 Å². The molecule has 3 heterocycles. The summed E-state index contributed by atoms with van der Waals surface area (Å²) in [5.41, 5.74) is 2.16. The first-order chi connectivity index (χ1) is 16.9. The van der Waals surface area contributed by atoms with Crippen molar-refractivity contribution >= 4 is 34.4 Å². The smallest absolute Gasteiger partial charge is 0.410 e. The lowest BCUT2D eigenvalue weighted by Crippen LogP contribution is -2.42. The number of nitrogens with zero attached hydrogens (tertiary/aromatic N) is 5. The number of benzene rings is 1. The molecule has 1 saturated heterocycles. The average Bonchev–Trinajstić information content (AvgIpc) is 3.23. The van der Waals surface area contributed by atoms with E-state index in [1.165, 1.54) is 0 Å². The lowest BCUT2D eigenvalue weighted by atomic mass is 10.0. The number of ketones is 1. The molecule has 1 aliphatic heterocycles. The minimum absolute atomic E-state index is 0.343. The number of aromatic nitrogens is 4. The Bertz CT molecular complexity index is 1190. The second-order valence-electron chi connectivity index (χ2n) is 9.36. The zero-order valence-corrected chi connectivity index (χ0v) is 20.7.